The van der Waals surface area contributed by atoms with Gasteiger partial charge in [0.1, 0.15) is 5.75 Å². The lowest BCUT2D eigenvalue weighted by Gasteiger charge is -2.22. The summed E-state index contributed by atoms with van der Waals surface area (Å²) in [5, 5.41) is 5.01. The van der Waals surface area contributed by atoms with Gasteiger partial charge in [-0.25, -0.2) is 0 Å². The minimum absolute atomic E-state index is 0.777. The molecule has 0 saturated heterocycles. The fourth-order valence-corrected chi connectivity index (χ4v) is 2.82. The second kappa shape index (κ2) is 4.32. The summed E-state index contributed by atoms with van der Waals surface area (Å²) in [5.41, 5.74) is 4.45. The zero-order chi connectivity index (χ0) is 12.7. The molecule has 0 atom stereocenters. The zero-order valence-electron chi connectivity index (χ0n) is 10.5. The second-order valence-corrected chi connectivity index (χ2v) is 5.04. The van der Waals surface area contributed by atoms with E-state index in [-0.39, 0.29) is 0 Å². The number of halogens is 1. The molecule has 0 amide bonds. The van der Waals surface area contributed by atoms with E-state index in [2.05, 4.69) is 12.0 Å². The Labute approximate surface area is 111 Å². The number of aromatic nitrogens is 2. The van der Waals surface area contributed by atoms with Crippen molar-refractivity contribution in [2.75, 3.05) is 6.61 Å². The average molecular weight is 263 g/mol. The molecule has 2 heterocycles. The fourth-order valence-electron chi connectivity index (χ4n) is 2.53. The molecule has 0 spiro atoms. The molecule has 1 aromatic carbocycles. The van der Waals surface area contributed by atoms with E-state index in [1.165, 1.54) is 0 Å². The molecule has 1 aliphatic heterocycles. The van der Waals surface area contributed by atoms with E-state index in [0.717, 1.165) is 52.6 Å². The van der Waals surface area contributed by atoms with E-state index >= 15 is 0 Å². The lowest BCUT2D eigenvalue weighted by molar-refractivity contribution is 0.286. The summed E-state index contributed by atoms with van der Waals surface area (Å²) in [7, 11) is 1.93. The van der Waals surface area contributed by atoms with Gasteiger partial charge in [-0.3, -0.25) is 4.68 Å². The number of nitrogens with zero attached hydrogens (tertiary/aromatic N) is 2. The van der Waals surface area contributed by atoms with Crippen molar-refractivity contribution in [3.8, 4) is 17.0 Å². The quantitative estimate of drug-likeness (QED) is 0.788. The predicted octanol–water partition coefficient (Wildman–Crippen LogP) is 3.37. The van der Waals surface area contributed by atoms with E-state index in [0.29, 0.717) is 0 Å². The zero-order valence-corrected chi connectivity index (χ0v) is 11.3. The second-order valence-electron chi connectivity index (χ2n) is 4.63. The van der Waals surface area contributed by atoms with Crippen molar-refractivity contribution < 1.29 is 4.74 Å². The predicted molar refractivity (Wildman–Crippen MR) is 72.2 cm³/mol. The first-order valence-corrected chi connectivity index (χ1v) is 6.49. The van der Waals surface area contributed by atoms with Crippen LogP contribution in [0.25, 0.3) is 11.3 Å². The Balaban J connectivity index is 2.23. The summed E-state index contributed by atoms with van der Waals surface area (Å²) < 4.78 is 7.65. The molecule has 0 bridgehead atoms. The summed E-state index contributed by atoms with van der Waals surface area (Å²) in [4.78, 5) is 0. The largest absolute Gasteiger partial charge is 0.493 e. The van der Waals surface area contributed by atoms with Crippen LogP contribution in [0.15, 0.2) is 18.3 Å². The Hall–Kier alpha value is -1.48. The minimum atomic E-state index is 0.777. The van der Waals surface area contributed by atoms with Crippen LogP contribution in [0.3, 0.4) is 0 Å². The van der Waals surface area contributed by atoms with Gasteiger partial charge in [-0.1, -0.05) is 11.6 Å². The average Bonchev–Trinajstić information content (AvgIpc) is 2.80. The third kappa shape index (κ3) is 1.70. The van der Waals surface area contributed by atoms with Gasteiger partial charge in [-0.2, -0.15) is 5.10 Å². The van der Waals surface area contributed by atoms with Crippen molar-refractivity contribution in [2.45, 2.75) is 19.8 Å². The third-order valence-corrected chi connectivity index (χ3v) is 3.83. The van der Waals surface area contributed by atoms with Gasteiger partial charge in [0, 0.05) is 35.0 Å². The van der Waals surface area contributed by atoms with Gasteiger partial charge >= 0.3 is 0 Å². The van der Waals surface area contributed by atoms with E-state index < -0.39 is 0 Å². The van der Waals surface area contributed by atoms with Gasteiger partial charge in [0.2, 0.25) is 0 Å². The smallest absolute Gasteiger partial charge is 0.127 e. The topological polar surface area (TPSA) is 27.1 Å². The van der Waals surface area contributed by atoms with Crippen molar-refractivity contribution in [2.24, 2.45) is 7.05 Å². The Morgan fingerprint density at radius 2 is 2.28 bits per heavy atom. The molecule has 0 aliphatic carbocycles. The van der Waals surface area contributed by atoms with Crippen molar-refractivity contribution in [1.82, 2.24) is 9.78 Å². The molecule has 0 N–H and O–H groups in total. The van der Waals surface area contributed by atoms with Crippen molar-refractivity contribution in [3.05, 3.63) is 34.5 Å². The first-order valence-electron chi connectivity index (χ1n) is 6.11. The third-order valence-electron chi connectivity index (χ3n) is 3.49. The van der Waals surface area contributed by atoms with Crippen LogP contribution in [0.4, 0.5) is 0 Å². The SMILES string of the molecule is Cc1c(-c2ccnn2C)cc(Cl)c2c1OCCC2. The van der Waals surface area contributed by atoms with E-state index in [1.807, 2.05) is 23.9 Å². The molecule has 0 unspecified atom stereocenters. The van der Waals surface area contributed by atoms with Crippen LogP contribution >= 0.6 is 11.6 Å². The minimum Gasteiger partial charge on any atom is -0.493 e. The monoisotopic (exact) mass is 262 g/mol. The van der Waals surface area contributed by atoms with Gasteiger partial charge in [0.05, 0.1) is 12.3 Å². The molecule has 1 aliphatic rings. The Bertz CT molecular complexity index is 604. The van der Waals surface area contributed by atoms with Crippen LogP contribution < -0.4 is 4.74 Å². The maximum Gasteiger partial charge on any atom is 0.127 e. The Morgan fingerprint density at radius 1 is 1.44 bits per heavy atom. The van der Waals surface area contributed by atoms with E-state index in [4.69, 9.17) is 16.3 Å². The van der Waals surface area contributed by atoms with Crippen molar-refractivity contribution in [3.63, 3.8) is 0 Å². The number of ether oxygens (including phenoxy) is 1. The molecule has 3 rings (SSSR count). The Kier molecular flexibility index (Phi) is 2.78. The molecule has 4 heteroatoms. The molecular formula is C14H15ClN2O. The molecule has 0 radical (unpaired) electrons. The molecule has 3 nitrogen and oxygen atoms in total. The van der Waals surface area contributed by atoms with Gasteiger partial charge in [-0.15, -0.1) is 0 Å². The van der Waals surface area contributed by atoms with Crippen LogP contribution in [0, 0.1) is 6.92 Å². The highest BCUT2D eigenvalue weighted by atomic mass is 35.5. The number of benzene rings is 1. The number of hydrogen-bond acceptors (Lipinski definition) is 2. The lowest BCUT2D eigenvalue weighted by Crippen LogP contribution is -2.11. The standard InChI is InChI=1S/C14H15ClN2O/c1-9-11(13-5-6-16-17(13)2)8-12(15)10-4-3-7-18-14(9)10/h5-6,8H,3-4,7H2,1-2H3. The van der Waals surface area contributed by atoms with Crippen LogP contribution in [0.2, 0.25) is 5.02 Å². The first-order chi connectivity index (χ1) is 8.68. The molecule has 94 valence electrons. The van der Waals surface area contributed by atoms with E-state index in [1.54, 1.807) is 6.20 Å². The first kappa shape index (κ1) is 11.6. The highest BCUT2D eigenvalue weighted by Crippen LogP contribution is 2.40. The summed E-state index contributed by atoms with van der Waals surface area (Å²) in [6, 6.07) is 4.02. The lowest BCUT2D eigenvalue weighted by atomic mass is 9.97. The van der Waals surface area contributed by atoms with Crippen LogP contribution in [0.5, 0.6) is 5.75 Å². The molecule has 0 saturated carbocycles. The normalized spacial score (nSPS) is 14.2. The summed E-state index contributed by atoms with van der Waals surface area (Å²) in [6.45, 7) is 2.86. The van der Waals surface area contributed by atoms with Gasteiger partial charge in [0.25, 0.3) is 0 Å². The summed E-state index contributed by atoms with van der Waals surface area (Å²) in [6.07, 6.45) is 3.83. The van der Waals surface area contributed by atoms with Gasteiger partial charge < -0.3 is 4.74 Å². The molecule has 0 fully saturated rings. The summed E-state index contributed by atoms with van der Waals surface area (Å²) >= 11 is 6.38. The van der Waals surface area contributed by atoms with Gasteiger partial charge in [-0.05, 0) is 31.9 Å². The van der Waals surface area contributed by atoms with Crippen LogP contribution in [-0.4, -0.2) is 16.4 Å². The fraction of sp³-hybridized carbons (Fsp3) is 0.357. The highest BCUT2D eigenvalue weighted by molar-refractivity contribution is 6.32. The van der Waals surface area contributed by atoms with Crippen LogP contribution in [0.1, 0.15) is 17.5 Å². The number of hydrogen-bond donors (Lipinski definition) is 0. The molecule has 1 aromatic heterocycles. The van der Waals surface area contributed by atoms with E-state index in [9.17, 15) is 0 Å². The highest BCUT2D eigenvalue weighted by Gasteiger charge is 2.20. The number of fused-ring (bicyclic) bond motifs is 1. The Morgan fingerprint density at radius 3 is 3.00 bits per heavy atom. The van der Waals surface area contributed by atoms with Crippen molar-refractivity contribution in [1.29, 1.82) is 0 Å². The molecule has 2 aromatic rings. The van der Waals surface area contributed by atoms with Crippen molar-refractivity contribution >= 4 is 11.6 Å². The molecule has 18 heavy (non-hydrogen) atoms. The number of rotatable bonds is 1. The molecular weight excluding hydrogens is 248 g/mol. The van der Waals surface area contributed by atoms with Crippen LogP contribution in [-0.2, 0) is 13.5 Å². The number of aryl methyl sites for hydroxylation is 1. The summed E-state index contributed by atoms with van der Waals surface area (Å²) in [5.74, 6) is 0.963. The maximum atomic E-state index is 6.38. The maximum absolute atomic E-state index is 6.38. The van der Waals surface area contributed by atoms with Gasteiger partial charge in [0.15, 0.2) is 0 Å².